The average molecular weight is 306 g/mol. The van der Waals surface area contributed by atoms with Crippen molar-refractivity contribution in [3.05, 3.63) is 12.4 Å². The maximum absolute atomic E-state index is 12.4. The van der Waals surface area contributed by atoms with Gasteiger partial charge in [0.25, 0.3) is 0 Å². The predicted octanol–water partition coefficient (Wildman–Crippen LogP) is 1.93. The molecule has 0 bridgehead atoms. The van der Waals surface area contributed by atoms with Crippen LogP contribution in [0.4, 0.5) is 0 Å². The molecule has 0 amide bonds. The summed E-state index contributed by atoms with van der Waals surface area (Å²) in [6, 6.07) is 0. The molecule has 19 heavy (non-hydrogen) atoms. The summed E-state index contributed by atoms with van der Waals surface area (Å²) < 4.78 is 28.1. The van der Waals surface area contributed by atoms with Crippen molar-refractivity contribution in [3.63, 3.8) is 0 Å². The topological polar surface area (TPSA) is 55.2 Å². The minimum absolute atomic E-state index is 0.289. The van der Waals surface area contributed by atoms with Gasteiger partial charge >= 0.3 is 0 Å². The summed E-state index contributed by atoms with van der Waals surface area (Å²) in [5, 5.41) is 4.08. The normalized spacial score (nSPS) is 18.8. The Labute approximate surface area is 119 Å². The Hall–Kier alpha value is -0.590. The van der Waals surface area contributed by atoms with Crippen molar-refractivity contribution >= 4 is 21.6 Å². The zero-order valence-corrected chi connectivity index (χ0v) is 12.7. The lowest BCUT2D eigenvalue weighted by atomic mass is 10.0. The van der Waals surface area contributed by atoms with Gasteiger partial charge in [0.05, 0.1) is 6.20 Å². The van der Waals surface area contributed by atoms with Gasteiger partial charge in [-0.1, -0.05) is 6.92 Å². The van der Waals surface area contributed by atoms with Crippen LogP contribution in [0, 0.1) is 5.92 Å². The van der Waals surface area contributed by atoms with Gasteiger partial charge in [0.2, 0.25) is 10.0 Å². The summed E-state index contributed by atoms with van der Waals surface area (Å²) in [6.07, 6.45) is 5.67. The molecule has 108 valence electrons. The molecule has 0 aromatic carbocycles. The smallest absolute Gasteiger partial charge is 0.246 e. The van der Waals surface area contributed by atoms with Gasteiger partial charge in [0, 0.05) is 31.7 Å². The van der Waals surface area contributed by atoms with Crippen LogP contribution in [0.3, 0.4) is 0 Å². The maximum atomic E-state index is 12.4. The molecule has 1 aliphatic rings. The molecule has 0 saturated carbocycles. The van der Waals surface area contributed by atoms with Crippen molar-refractivity contribution < 1.29 is 8.42 Å². The van der Waals surface area contributed by atoms with Crippen molar-refractivity contribution in [3.8, 4) is 0 Å². The number of rotatable bonds is 5. The molecule has 0 aliphatic carbocycles. The van der Waals surface area contributed by atoms with Crippen LogP contribution < -0.4 is 0 Å². The maximum Gasteiger partial charge on any atom is 0.246 e. The molecular weight excluding hydrogens is 286 g/mol. The van der Waals surface area contributed by atoms with Crippen LogP contribution in [-0.4, -0.2) is 41.5 Å². The molecular formula is C12H20ClN3O2S. The van der Waals surface area contributed by atoms with E-state index >= 15 is 0 Å². The van der Waals surface area contributed by atoms with E-state index in [1.54, 1.807) is 15.2 Å². The number of halogens is 1. The van der Waals surface area contributed by atoms with Crippen molar-refractivity contribution in [2.24, 2.45) is 5.92 Å². The highest BCUT2D eigenvalue weighted by Gasteiger charge is 2.28. The second-order valence-electron chi connectivity index (χ2n) is 5.07. The van der Waals surface area contributed by atoms with Gasteiger partial charge in [-0.2, -0.15) is 9.40 Å². The van der Waals surface area contributed by atoms with Crippen LogP contribution in [0.5, 0.6) is 0 Å². The van der Waals surface area contributed by atoms with Gasteiger partial charge in [-0.05, 0) is 25.2 Å². The van der Waals surface area contributed by atoms with Gasteiger partial charge in [-0.25, -0.2) is 8.42 Å². The Morgan fingerprint density at radius 3 is 2.74 bits per heavy atom. The molecule has 0 N–H and O–H groups in total. The molecule has 1 fully saturated rings. The highest BCUT2D eigenvalue weighted by molar-refractivity contribution is 7.89. The van der Waals surface area contributed by atoms with E-state index in [0.717, 1.165) is 19.3 Å². The summed E-state index contributed by atoms with van der Waals surface area (Å²) in [7, 11) is -3.37. The molecule has 5 nitrogen and oxygen atoms in total. The average Bonchev–Trinajstić information content (AvgIpc) is 2.86. The largest absolute Gasteiger partial charge is 0.271 e. The molecule has 0 radical (unpaired) electrons. The zero-order chi connectivity index (χ0) is 13.9. The number of nitrogens with zero attached hydrogens (tertiary/aromatic N) is 3. The van der Waals surface area contributed by atoms with E-state index in [4.69, 9.17) is 11.6 Å². The first-order chi connectivity index (χ1) is 9.04. The SMILES string of the molecule is CC1CCN(S(=O)(=O)c2cnn(CCCCl)c2)CC1. The fraction of sp³-hybridized carbons (Fsp3) is 0.750. The minimum atomic E-state index is -3.37. The molecule has 1 saturated heterocycles. The van der Waals surface area contributed by atoms with Gasteiger partial charge in [0.15, 0.2) is 0 Å². The molecule has 1 aromatic rings. The molecule has 0 atom stereocenters. The molecule has 0 spiro atoms. The van der Waals surface area contributed by atoms with Gasteiger partial charge in [0.1, 0.15) is 4.90 Å². The first kappa shape index (κ1) is 14.8. The van der Waals surface area contributed by atoms with Gasteiger partial charge in [-0.15, -0.1) is 11.6 Å². The number of hydrogen-bond acceptors (Lipinski definition) is 3. The Bertz CT molecular complexity index is 507. The fourth-order valence-electron chi connectivity index (χ4n) is 2.20. The number of sulfonamides is 1. The first-order valence-corrected chi connectivity index (χ1v) is 8.60. The highest BCUT2D eigenvalue weighted by Crippen LogP contribution is 2.23. The quantitative estimate of drug-likeness (QED) is 0.781. The van der Waals surface area contributed by atoms with Crippen LogP contribution >= 0.6 is 11.6 Å². The summed E-state index contributed by atoms with van der Waals surface area (Å²) in [6.45, 7) is 4.02. The third-order valence-electron chi connectivity index (χ3n) is 3.51. The number of aryl methyl sites for hydroxylation is 1. The fourth-order valence-corrected chi connectivity index (χ4v) is 3.74. The third kappa shape index (κ3) is 3.49. The Morgan fingerprint density at radius 2 is 2.11 bits per heavy atom. The zero-order valence-electron chi connectivity index (χ0n) is 11.1. The van der Waals surface area contributed by atoms with E-state index in [1.165, 1.54) is 6.20 Å². The molecule has 2 rings (SSSR count). The van der Waals surface area contributed by atoms with Crippen LogP contribution in [0.2, 0.25) is 0 Å². The lowest BCUT2D eigenvalue weighted by molar-refractivity contribution is 0.288. The molecule has 7 heteroatoms. The van der Waals surface area contributed by atoms with E-state index in [1.807, 2.05) is 0 Å². The Kier molecular flexibility index (Phi) is 4.86. The second kappa shape index (κ2) is 6.24. The summed E-state index contributed by atoms with van der Waals surface area (Å²) in [4.78, 5) is 0.289. The van der Waals surface area contributed by atoms with E-state index in [0.29, 0.717) is 31.4 Å². The van der Waals surface area contributed by atoms with E-state index in [9.17, 15) is 8.42 Å². The highest BCUT2D eigenvalue weighted by atomic mass is 35.5. The van der Waals surface area contributed by atoms with E-state index < -0.39 is 10.0 Å². The van der Waals surface area contributed by atoms with Crippen LogP contribution in [0.1, 0.15) is 26.2 Å². The van der Waals surface area contributed by atoms with Crippen molar-refractivity contribution in [1.82, 2.24) is 14.1 Å². The predicted molar refractivity (Wildman–Crippen MR) is 74.7 cm³/mol. The third-order valence-corrected chi connectivity index (χ3v) is 5.63. The van der Waals surface area contributed by atoms with Crippen molar-refractivity contribution in [2.45, 2.75) is 37.6 Å². The van der Waals surface area contributed by atoms with Crippen LogP contribution in [0.25, 0.3) is 0 Å². The first-order valence-electron chi connectivity index (χ1n) is 6.62. The number of piperidine rings is 1. The van der Waals surface area contributed by atoms with Gasteiger partial charge in [-0.3, -0.25) is 4.68 Å². The molecule has 1 aliphatic heterocycles. The van der Waals surface area contributed by atoms with E-state index in [-0.39, 0.29) is 4.90 Å². The lowest BCUT2D eigenvalue weighted by Gasteiger charge is -2.28. The Balaban J connectivity index is 2.08. The standard InChI is InChI=1S/C12H20ClN3O2S/c1-11-3-7-16(8-4-11)19(17,18)12-9-14-15(10-12)6-2-5-13/h9-11H,2-8H2,1H3. The number of alkyl halides is 1. The summed E-state index contributed by atoms with van der Waals surface area (Å²) >= 11 is 5.62. The van der Waals surface area contributed by atoms with Crippen molar-refractivity contribution in [1.29, 1.82) is 0 Å². The number of aromatic nitrogens is 2. The van der Waals surface area contributed by atoms with Crippen LogP contribution in [0.15, 0.2) is 17.3 Å². The number of hydrogen-bond donors (Lipinski definition) is 0. The van der Waals surface area contributed by atoms with E-state index in [2.05, 4.69) is 12.0 Å². The minimum Gasteiger partial charge on any atom is -0.271 e. The van der Waals surface area contributed by atoms with Crippen LogP contribution in [-0.2, 0) is 16.6 Å². The summed E-state index contributed by atoms with van der Waals surface area (Å²) in [5.74, 6) is 1.16. The van der Waals surface area contributed by atoms with Crippen molar-refractivity contribution in [2.75, 3.05) is 19.0 Å². The summed E-state index contributed by atoms with van der Waals surface area (Å²) in [5.41, 5.74) is 0. The monoisotopic (exact) mass is 305 g/mol. The second-order valence-corrected chi connectivity index (χ2v) is 7.38. The molecule has 2 heterocycles. The Morgan fingerprint density at radius 1 is 1.42 bits per heavy atom. The molecule has 0 unspecified atom stereocenters. The van der Waals surface area contributed by atoms with Gasteiger partial charge < -0.3 is 0 Å². The molecule has 1 aromatic heterocycles. The lowest BCUT2D eigenvalue weighted by Crippen LogP contribution is -2.37.